The molecule has 20 heavy (non-hydrogen) atoms. The normalized spacial score (nSPS) is 12.8. The molecule has 0 amide bonds. The zero-order chi connectivity index (χ0) is 15.3. The average molecular weight is 285 g/mol. The summed E-state index contributed by atoms with van der Waals surface area (Å²) >= 11 is 0. The molecule has 4 heteroatoms. The fourth-order valence-electron chi connectivity index (χ4n) is 2.17. The monoisotopic (exact) mass is 285 g/mol. The molecule has 0 saturated carbocycles. The Kier molecular flexibility index (Phi) is 11.5. The predicted octanol–water partition coefficient (Wildman–Crippen LogP) is 3.88. The first-order valence-electron chi connectivity index (χ1n) is 8.23. The molecule has 0 spiro atoms. The van der Waals surface area contributed by atoms with Gasteiger partial charge in [-0.15, -0.1) is 0 Å². The molecule has 0 aliphatic rings. The highest BCUT2D eigenvalue weighted by Crippen LogP contribution is 2.19. The lowest BCUT2D eigenvalue weighted by Gasteiger charge is -2.22. The van der Waals surface area contributed by atoms with Crippen molar-refractivity contribution in [1.29, 1.82) is 0 Å². The van der Waals surface area contributed by atoms with Crippen LogP contribution in [-0.2, 0) is 0 Å². The van der Waals surface area contributed by atoms with Crippen molar-refractivity contribution in [2.75, 3.05) is 13.1 Å². The highest BCUT2D eigenvalue weighted by atomic mass is 16.4. The van der Waals surface area contributed by atoms with Crippen LogP contribution in [0.15, 0.2) is 5.16 Å². The molecule has 0 saturated heterocycles. The van der Waals surface area contributed by atoms with Crippen molar-refractivity contribution in [2.45, 2.75) is 78.6 Å². The van der Waals surface area contributed by atoms with Gasteiger partial charge in [0.05, 0.1) is 0 Å². The van der Waals surface area contributed by atoms with Crippen molar-refractivity contribution < 1.29 is 5.21 Å². The van der Waals surface area contributed by atoms with E-state index in [1.165, 1.54) is 51.4 Å². The molecule has 0 bridgehead atoms. The van der Waals surface area contributed by atoms with Gasteiger partial charge in [-0.2, -0.15) is 0 Å². The number of nitrogens with two attached hydrogens (primary N) is 1. The Hall–Kier alpha value is -0.770. The van der Waals surface area contributed by atoms with Gasteiger partial charge in [-0.05, 0) is 25.9 Å². The summed E-state index contributed by atoms with van der Waals surface area (Å²) in [5.41, 5.74) is 5.42. The Labute approximate surface area is 125 Å². The molecule has 0 aromatic rings. The Morgan fingerprint density at radius 3 is 2.10 bits per heavy atom. The zero-order valence-corrected chi connectivity index (χ0v) is 13.7. The van der Waals surface area contributed by atoms with Crippen LogP contribution in [0.1, 0.15) is 78.6 Å². The fourth-order valence-corrected chi connectivity index (χ4v) is 2.17. The molecule has 0 fully saturated rings. The van der Waals surface area contributed by atoms with Gasteiger partial charge in [-0.25, -0.2) is 0 Å². The Balaban J connectivity index is 3.33. The second kappa shape index (κ2) is 12.0. The van der Waals surface area contributed by atoms with E-state index in [1.807, 2.05) is 13.8 Å². The minimum Gasteiger partial charge on any atom is -0.409 e. The predicted molar refractivity (Wildman–Crippen MR) is 87.3 cm³/mol. The highest BCUT2D eigenvalue weighted by molar-refractivity contribution is 5.85. The second-order valence-electron chi connectivity index (χ2n) is 6.34. The first kappa shape index (κ1) is 19.2. The quantitative estimate of drug-likeness (QED) is 0.158. The minimum absolute atomic E-state index is 0.235. The summed E-state index contributed by atoms with van der Waals surface area (Å²) in [7, 11) is 0. The van der Waals surface area contributed by atoms with Crippen LogP contribution in [0.3, 0.4) is 0 Å². The molecule has 0 atom stereocenters. The van der Waals surface area contributed by atoms with Crippen molar-refractivity contribution in [3.63, 3.8) is 0 Å². The van der Waals surface area contributed by atoms with Gasteiger partial charge in [0.2, 0.25) is 0 Å². The van der Waals surface area contributed by atoms with Crippen molar-refractivity contribution in [3.8, 4) is 0 Å². The molecular formula is C16H35N3O. The van der Waals surface area contributed by atoms with E-state index in [0.717, 1.165) is 19.5 Å². The number of hydrogen-bond acceptors (Lipinski definition) is 3. The standard InChI is InChI=1S/C16H35N3O/c1-4-5-6-7-8-9-10-11-13-18-14-12-16(2,3)15(17)19-20/h18,20H,4-14H2,1-3H3,(H2,17,19). The van der Waals surface area contributed by atoms with Gasteiger partial charge in [-0.3, -0.25) is 0 Å². The Morgan fingerprint density at radius 2 is 1.55 bits per heavy atom. The number of amidine groups is 1. The van der Waals surface area contributed by atoms with Gasteiger partial charge in [-0.1, -0.05) is 70.9 Å². The molecule has 0 heterocycles. The molecule has 4 N–H and O–H groups in total. The van der Waals surface area contributed by atoms with Gasteiger partial charge in [0, 0.05) is 5.41 Å². The van der Waals surface area contributed by atoms with E-state index in [2.05, 4.69) is 17.4 Å². The molecule has 0 rings (SSSR count). The lowest BCUT2D eigenvalue weighted by atomic mass is 9.88. The van der Waals surface area contributed by atoms with Crippen LogP contribution in [0.4, 0.5) is 0 Å². The van der Waals surface area contributed by atoms with Crippen LogP contribution in [0, 0.1) is 5.41 Å². The van der Waals surface area contributed by atoms with Gasteiger partial charge in [0.15, 0.2) is 0 Å². The van der Waals surface area contributed by atoms with Gasteiger partial charge < -0.3 is 16.3 Å². The summed E-state index contributed by atoms with van der Waals surface area (Å²) in [5, 5.41) is 15.2. The Bertz CT molecular complexity index is 252. The largest absolute Gasteiger partial charge is 0.409 e. The van der Waals surface area contributed by atoms with Crippen LogP contribution in [-0.4, -0.2) is 24.1 Å². The van der Waals surface area contributed by atoms with Crippen molar-refractivity contribution >= 4 is 5.84 Å². The molecular weight excluding hydrogens is 250 g/mol. The van der Waals surface area contributed by atoms with Crippen molar-refractivity contribution in [2.24, 2.45) is 16.3 Å². The molecule has 0 radical (unpaired) electrons. The molecule has 0 aromatic heterocycles. The van der Waals surface area contributed by atoms with Crippen LogP contribution in [0.25, 0.3) is 0 Å². The number of hydrogen-bond donors (Lipinski definition) is 3. The van der Waals surface area contributed by atoms with E-state index in [0.29, 0.717) is 5.84 Å². The van der Waals surface area contributed by atoms with E-state index in [1.54, 1.807) is 0 Å². The summed E-state index contributed by atoms with van der Waals surface area (Å²) < 4.78 is 0. The number of rotatable bonds is 13. The van der Waals surface area contributed by atoms with Crippen LogP contribution >= 0.6 is 0 Å². The van der Waals surface area contributed by atoms with Crippen LogP contribution in [0.5, 0.6) is 0 Å². The molecule has 120 valence electrons. The molecule has 0 unspecified atom stereocenters. The van der Waals surface area contributed by atoms with E-state index in [9.17, 15) is 0 Å². The smallest absolute Gasteiger partial charge is 0.144 e. The maximum Gasteiger partial charge on any atom is 0.144 e. The summed E-state index contributed by atoms with van der Waals surface area (Å²) in [5.74, 6) is 0.311. The lowest BCUT2D eigenvalue weighted by Crippen LogP contribution is -2.35. The lowest BCUT2D eigenvalue weighted by molar-refractivity contribution is 0.305. The second-order valence-corrected chi connectivity index (χ2v) is 6.34. The topological polar surface area (TPSA) is 70.6 Å². The molecule has 0 aliphatic heterocycles. The first-order chi connectivity index (χ1) is 9.54. The van der Waals surface area contributed by atoms with E-state index in [-0.39, 0.29) is 5.41 Å². The van der Waals surface area contributed by atoms with Crippen LogP contribution < -0.4 is 11.1 Å². The first-order valence-corrected chi connectivity index (χ1v) is 8.23. The van der Waals surface area contributed by atoms with Crippen LogP contribution in [0.2, 0.25) is 0 Å². The summed E-state index contributed by atoms with van der Waals surface area (Å²) in [6.07, 6.45) is 11.7. The SMILES string of the molecule is CCCCCCCCCCNCCC(C)(C)C(N)=NO. The maximum atomic E-state index is 8.69. The summed E-state index contributed by atoms with van der Waals surface area (Å²) in [4.78, 5) is 0. The van der Waals surface area contributed by atoms with Crippen molar-refractivity contribution in [1.82, 2.24) is 5.32 Å². The molecule has 4 nitrogen and oxygen atoms in total. The van der Waals surface area contributed by atoms with E-state index >= 15 is 0 Å². The van der Waals surface area contributed by atoms with Crippen molar-refractivity contribution in [3.05, 3.63) is 0 Å². The number of unbranched alkanes of at least 4 members (excludes halogenated alkanes) is 7. The third-order valence-corrected chi connectivity index (χ3v) is 3.94. The number of oxime groups is 1. The van der Waals surface area contributed by atoms with E-state index < -0.39 is 0 Å². The maximum absolute atomic E-state index is 8.69. The zero-order valence-electron chi connectivity index (χ0n) is 13.7. The number of nitrogens with zero attached hydrogens (tertiary/aromatic N) is 1. The van der Waals surface area contributed by atoms with E-state index in [4.69, 9.17) is 10.9 Å². The summed E-state index contributed by atoms with van der Waals surface area (Å²) in [6.45, 7) is 8.24. The number of nitrogens with one attached hydrogen (secondary N) is 1. The Morgan fingerprint density at radius 1 is 1.00 bits per heavy atom. The summed E-state index contributed by atoms with van der Waals surface area (Å²) in [6, 6.07) is 0. The third-order valence-electron chi connectivity index (χ3n) is 3.94. The molecule has 0 aromatic carbocycles. The minimum atomic E-state index is -0.235. The fraction of sp³-hybridized carbons (Fsp3) is 0.938. The van der Waals surface area contributed by atoms with Gasteiger partial charge in [0.25, 0.3) is 0 Å². The van der Waals surface area contributed by atoms with Gasteiger partial charge in [0.1, 0.15) is 5.84 Å². The highest BCUT2D eigenvalue weighted by Gasteiger charge is 2.22. The average Bonchev–Trinajstić information content (AvgIpc) is 2.43. The van der Waals surface area contributed by atoms with Gasteiger partial charge >= 0.3 is 0 Å². The molecule has 0 aliphatic carbocycles. The third kappa shape index (κ3) is 10.1.